The number of pyridine rings is 1. The van der Waals surface area contributed by atoms with Gasteiger partial charge in [0.15, 0.2) is 0 Å². The number of carbonyl (C=O) groups is 2. The zero-order valence-corrected chi connectivity index (χ0v) is 30.8. The van der Waals surface area contributed by atoms with E-state index >= 15 is 0 Å². The highest BCUT2D eigenvalue weighted by Gasteiger charge is 2.57. The van der Waals surface area contributed by atoms with Gasteiger partial charge >= 0.3 is 0 Å². The first kappa shape index (κ1) is 34.8. The second kappa shape index (κ2) is 14.2. The molecule has 2 amide bonds. The summed E-state index contributed by atoms with van der Waals surface area (Å²) in [5.74, 6) is -1.04. The lowest BCUT2D eigenvalue weighted by Crippen LogP contribution is -2.66. The number of phenolic OH excluding ortho intramolecular Hbond substituents is 1. The van der Waals surface area contributed by atoms with Gasteiger partial charge in [0, 0.05) is 24.7 Å². The maximum absolute atomic E-state index is 13.6. The molecule has 0 unspecified atom stereocenters. The van der Waals surface area contributed by atoms with Crippen LogP contribution in [-0.4, -0.2) is 61.5 Å². The van der Waals surface area contributed by atoms with Crippen LogP contribution in [0, 0.1) is 17.8 Å². The van der Waals surface area contributed by atoms with Crippen LogP contribution < -0.4 is 10.4 Å². The Bertz CT molecular complexity index is 1920. The number of hydrogen-bond donors (Lipinski definition) is 1. The molecule has 3 heterocycles. The van der Waals surface area contributed by atoms with Crippen molar-refractivity contribution in [2.75, 3.05) is 20.3 Å². The molecule has 1 aliphatic carbocycles. The van der Waals surface area contributed by atoms with Crippen molar-refractivity contribution in [2.24, 2.45) is 17.8 Å². The number of nitrogens with zero attached hydrogens (tertiary/aromatic N) is 2. The first-order valence-corrected chi connectivity index (χ1v) is 19.8. The van der Waals surface area contributed by atoms with Crippen molar-refractivity contribution < 1.29 is 23.9 Å². The summed E-state index contributed by atoms with van der Waals surface area (Å²) in [5.41, 5.74) is 4.74. The zero-order valence-electron chi connectivity index (χ0n) is 29.8. The summed E-state index contributed by atoms with van der Waals surface area (Å²) in [5, 5.41) is 12.8. The number of hydrogen-bond acceptors (Lipinski definition) is 6. The lowest BCUT2D eigenvalue weighted by molar-refractivity contribution is -0.138. The predicted octanol–water partition coefficient (Wildman–Crippen LogP) is 6.63. The van der Waals surface area contributed by atoms with E-state index in [4.69, 9.17) is 9.16 Å². The summed E-state index contributed by atoms with van der Waals surface area (Å²) < 4.78 is 14.1. The summed E-state index contributed by atoms with van der Waals surface area (Å²) >= 11 is 0. The van der Waals surface area contributed by atoms with Gasteiger partial charge in [-0.15, -0.1) is 0 Å². The second-order valence-corrected chi connectivity index (χ2v) is 19.3. The van der Waals surface area contributed by atoms with Gasteiger partial charge in [-0.05, 0) is 75.7 Å². The Kier molecular flexibility index (Phi) is 9.67. The van der Waals surface area contributed by atoms with Gasteiger partial charge in [0.25, 0.3) is 8.32 Å². The van der Waals surface area contributed by atoms with Gasteiger partial charge in [0.1, 0.15) is 5.75 Å². The lowest BCUT2D eigenvalue weighted by Gasteiger charge is -2.44. The maximum atomic E-state index is 13.6. The van der Waals surface area contributed by atoms with E-state index < -0.39 is 20.2 Å². The van der Waals surface area contributed by atoms with E-state index in [1.165, 1.54) is 15.3 Å². The minimum absolute atomic E-state index is 0.113. The average Bonchev–Trinajstić information content (AvgIpc) is 3.66. The Balaban J connectivity index is 1.28. The van der Waals surface area contributed by atoms with E-state index in [2.05, 4.69) is 74.3 Å². The summed E-state index contributed by atoms with van der Waals surface area (Å²) in [4.78, 5) is 33.1. The first-order chi connectivity index (χ1) is 24.6. The largest absolute Gasteiger partial charge is 0.507 e. The van der Waals surface area contributed by atoms with Gasteiger partial charge in [-0.2, -0.15) is 0 Å². The van der Waals surface area contributed by atoms with E-state index in [0.29, 0.717) is 32.5 Å². The summed E-state index contributed by atoms with van der Waals surface area (Å²) in [6, 6.07) is 34.3. The van der Waals surface area contributed by atoms with E-state index in [0.717, 1.165) is 28.0 Å². The Hall–Kier alpha value is -4.63. The van der Waals surface area contributed by atoms with Crippen LogP contribution in [0.2, 0.25) is 5.04 Å². The standard InChI is InChI=1S/C43H46N2O5Si/c1-43(2,3)51(32-16-7-5-8-17-32,33-18-9-6-10-19-33)50-27-31-26-34-40(42(48)45(4)41(34)47)35-28-49-38(39(31)35)23-22-29(36-20-13-14-24-44-36)25-30-15-11-12-21-37(30)46/h5-21,24-25,34-35,38,40,46H,22-23,26-28H2,1-4H3/b29-25-/t34-,35+,38-,40-/m1/s1. The molecule has 0 saturated carbocycles. The van der Waals surface area contributed by atoms with Crippen LogP contribution in [-0.2, 0) is 18.8 Å². The Labute approximate surface area is 301 Å². The molecule has 51 heavy (non-hydrogen) atoms. The minimum atomic E-state index is -2.88. The maximum Gasteiger partial charge on any atom is 0.261 e. The normalized spacial score (nSPS) is 22.4. The van der Waals surface area contributed by atoms with Gasteiger partial charge in [0.05, 0.1) is 36.8 Å². The predicted molar refractivity (Wildman–Crippen MR) is 203 cm³/mol. The van der Waals surface area contributed by atoms with Gasteiger partial charge in [0.2, 0.25) is 11.8 Å². The molecule has 2 saturated heterocycles. The number of fused-ring (bicyclic) bond motifs is 3. The minimum Gasteiger partial charge on any atom is -0.507 e. The monoisotopic (exact) mass is 698 g/mol. The van der Waals surface area contributed by atoms with Crippen LogP contribution in [0.4, 0.5) is 0 Å². The van der Waals surface area contributed by atoms with E-state index in [1.54, 1.807) is 19.3 Å². The molecule has 7 rings (SSSR count). The fraction of sp³-hybridized carbons (Fsp3) is 0.326. The van der Waals surface area contributed by atoms with Crippen LogP contribution in [0.25, 0.3) is 11.6 Å². The fourth-order valence-electron chi connectivity index (χ4n) is 8.63. The van der Waals surface area contributed by atoms with E-state index in [9.17, 15) is 14.7 Å². The number of likely N-dealkylation sites (tertiary alicyclic amines) is 1. The van der Waals surface area contributed by atoms with Crippen molar-refractivity contribution in [3.05, 3.63) is 132 Å². The fourth-order valence-corrected chi connectivity index (χ4v) is 13.2. The molecule has 4 aromatic rings. The highest BCUT2D eigenvalue weighted by atomic mass is 28.4. The van der Waals surface area contributed by atoms with Crippen molar-refractivity contribution >= 4 is 42.2 Å². The van der Waals surface area contributed by atoms with Crippen molar-refractivity contribution in [1.29, 1.82) is 0 Å². The number of para-hydroxylation sites is 1. The van der Waals surface area contributed by atoms with Crippen molar-refractivity contribution in [2.45, 2.75) is 51.2 Å². The number of amides is 2. The third-order valence-electron chi connectivity index (χ3n) is 11.0. The van der Waals surface area contributed by atoms with Crippen LogP contribution in [0.1, 0.15) is 51.3 Å². The number of carbonyl (C=O) groups excluding carboxylic acids is 2. The van der Waals surface area contributed by atoms with Crippen LogP contribution in [0.3, 0.4) is 0 Å². The number of aromatic hydroxyl groups is 1. The van der Waals surface area contributed by atoms with Crippen molar-refractivity contribution in [3.63, 3.8) is 0 Å². The molecule has 1 N–H and O–H groups in total. The molecular formula is C43H46N2O5Si. The Morgan fingerprint density at radius 1 is 0.902 bits per heavy atom. The highest BCUT2D eigenvalue weighted by molar-refractivity contribution is 6.99. The molecule has 262 valence electrons. The quantitative estimate of drug-likeness (QED) is 0.114. The molecule has 3 aliphatic rings. The van der Waals surface area contributed by atoms with Gasteiger partial charge in [-0.3, -0.25) is 19.5 Å². The molecule has 7 nitrogen and oxygen atoms in total. The molecule has 1 aromatic heterocycles. The first-order valence-electron chi connectivity index (χ1n) is 17.9. The van der Waals surface area contributed by atoms with Crippen LogP contribution in [0.15, 0.2) is 120 Å². The van der Waals surface area contributed by atoms with Crippen LogP contribution >= 0.6 is 0 Å². The van der Waals surface area contributed by atoms with E-state index in [-0.39, 0.29) is 34.6 Å². The molecule has 0 radical (unpaired) electrons. The Morgan fingerprint density at radius 3 is 2.18 bits per heavy atom. The van der Waals surface area contributed by atoms with E-state index in [1.807, 2.05) is 54.6 Å². The molecule has 0 spiro atoms. The van der Waals surface area contributed by atoms with Gasteiger partial charge in [-0.25, -0.2) is 0 Å². The molecule has 2 aliphatic heterocycles. The smallest absolute Gasteiger partial charge is 0.261 e. The highest BCUT2D eigenvalue weighted by Crippen LogP contribution is 2.50. The summed E-state index contributed by atoms with van der Waals surface area (Å²) in [6.07, 6.45) is 5.29. The van der Waals surface area contributed by atoms with Gasteiger partial charge in [-0.1, -0.05) is 106 Å². The molecule has 2 fully saturated rings. The molecule has 3 aromatic carbocycles. The Morgan fingerprint density at radius 2 is 1.55 bits per heavy atom. The number of imide groups is 1. The molecular weight excluding hydrogens is 653 g/mol. The number of benzene rings is 3. The van der Waals surface area contributed by atoms with Gasteiger partial charge < -0.3 is 14.3 Å². The molecule has 0 bridgehead atoms. The number of rotatable bonds is 10. The number of ether oxygens (including phenoxy) is 1. The van der Waals surface area contributed by atoms with Crippen molar-refractivity contribution in [3.8, 4) is 5.75 Å². The number of allylic oxidation sites excluding steroid dienone is 1. The summed E-state index contributed by atoms with van der Waals surface area (Å²) in [7, 11) is -1.28. The lowest BCUT2D eigenvalue weighted by atomic mass is 9.69. The topological polar surface area (TPSA) is 89.0 Å². The number of phenols is 1. The zero-order chi connectivity index (χ0) is 35.8. The van der Waals surface area contributed by atoms with Crippen LogP contribution in [0.5, 0.6) is 5.75 Å². The third kappa shape index (κ3) is 6.41. The summed E-state index contributed by atoms with van der Waals surface area (Å²) in [6.45, 7) is 7.54. The molecule has 8 heteroatoms. The van der Waals surface area contributed by atoms with Crippen molar-refractivity contribution in [1.82, 2.24) is 9.88 Å². The molecule has 4 atom stereocenters. The third-order valence-corrected chi connectivity index (χ3v) is 16.0. The average molecular weight is 699 g/mol. The SMILES string of the molecule is CN1C(=O)[C@@H]2[C@@H](CC(CO[Si](c3ccccc3)(c3ccccc3)C(C)(C)C)=C3[C@@H](CC/C(=C/c4ccccc4O)c4ccccn4)OC[C@@H]32)C1=O. The second-order valence-electron chi connectivity index (χ2n) is 15.0. The number of aromatic nitrogens is 1.